The minimum Gasteiger partial charge on any atom is -0.477 e. The molecule has 1 atom stereocenters. The molecule has 2 rings (SSSR count). The number of aromatic carboxylic acids is 1. The minimum atomic E-state index is -0.971. The Bertz CT molecular complexity index is 614. The van der Waals surface area contributed by atoms with Crippen LogP contribution in [0.15, 0.2) is 0 Å². The predicted molar refractivity (Wildman–Crippen MR) is 85.5 cm³/mol. The van der Waals surface area contributed by atoms with Gasteiger partial charge < -0.3 is 15.3 Å². The number of hydrogen-bond acceptors (Lipinski definition) is 5. The molecular formula is C15H21N3O4S. The fourth-order valence-corrected chi connectivity index (χ4v) is 3.57. The SMILES string of the molecule is CC(=O)N1CCCC(C(=O)NCCc2nc(C)c(C(=O)O)s2)C1. The fourth-order valence-electron chi connectivity index (χ4n) is 2.67. The van der Waals surface area contributed by atoms with Gasteiger partial charge in [0.05, 0.1) is 16.6 Å². The van der Waals surface area contributed by atoms with Crippen molar-refractivity contribution in [1.82, 2.24) is 15.2 Å². The number of nitrogens with one attached hydrogen (secondary N) is 1. The van der Waals surface area contributed by atoms with Crippen LogP contribution in [0.4, 0.5) is 0 Å². The highest BCUT2D eigenvalue weighted by Crippen LogP contribution is 2.19. The lowest BCUT2D eigenvalue weighted by Gasteiger charge is -2.31. The maximum Gasteiger partial charge on any atom is 0.347 e. The summed E-state index contributed by atoms with van der Waals surface area (Å²) in [6.45, 7) is 4.79. The number of aryl methyl sites for hydroxylation is 1. The number of carboxylic acids is 1. The second-order valence-electron chi connectivity index (χ2n) is 5.67. The van der Waals surface area contributed by atoms with Crippen molar-refractivity contribution < 1.29 is 19.5 Å². The van der Waals surface area contributed by atoms with Crippen LogP contribution in [0.25, 0.3) is 0 Å². The molecule has 1 aromatic rings. The molecule has 0 aliphatic carbocycles. The second kappa shape index (κ2) is 7.54. The molecule has 126 valence electrons. The van der Waals surface area contributed by atoms with Crippen LogP contribution in [0, 0.1) is 12.8 Å². The van der Waals surface area contributed by atoms with Crippen molar-refractivity contribution in [2.45, 2.75) is 33.1 Å². The molecule has 1 saturated heterocycles. The lowest BCUT2D eigenvalue weighted by molar-refractivity contribution is -0.133. The van der Waals surface area contributed by atoms with Gasteiger partial charge in [-0.15, -0.1) is 11.3 Å². The Morgan fingerprint density at radius 2 is 2.17 bits per heavy atom. The van der Waals surface area contributed by atoms with E-state index in [2.05, 4.69) is 10.3 Å². The summed E-state index contributed by atoms with van der Waals surface area (Å²) in [6.07, 6.45) is 2.13. The number of aromatic nitrogens is 1. The van der Waals surface area contributed by atoms with Crippen molar-refractivity contribution in [3.8, 4) is 0 Å². The Balaban J connectivity index is 1.81. The molecule has 0 radical (unpaired) electrons. The summed E-state index contributed by atoms with van der Waals surface area (Å²) < 4.78 is 0. The maximum absolute atomic E-state index is 12.2. The van der Waals surface area contributed by atoms with Gasteiger partial charge in [-0.2, -0.15) is 0 Å². The number of carbonyl (C=O) groups is 3. The lowest BCUT2D eigenvalue weighted by Crippen LogP contribution is -2.45. The number of nitrogens with zero attached hydrogens (tertiary/aromatic N) is 2. The first-order chi connectivity index (χ1) is 10.9. The first-order valence-corrected chi connectivity index (χ1v) is 8.43. The van der Waals surface area contributed by atoms with E-state index in [0.29, 0.717) is 30.2 Å². The quantitative estimate of drug-likeness (QED) is 0.836. The normalized spacial score (nSPS) is 17.8. The molecule has 7 nitrogen and oxygen atoms in total. The summed E-state index contributed by atoms with van der Waals surface area (Å²) in [5, 5.41) is 12.6. The van der Waals surface area contributed by atoms with Crippen LogP contribution in [0.2, 0.25) is 0 Å². The number of amides is 2. The van der Waals surface area contributed by atoms with E-state index in [-0.39, 0.29) is 22.6 Å². The van der Waals surface area contributed by atoms with Crippen LogP contribution in [-0.2, 0) is 16.0 Å². The van der Waals surface area contributed by atoms with E-state index < -0.39 is 5.97 Å². The number of rotatable bonds is 5. The molecule has 0 saturated carbocycles. The van der Waals surface area contributed by atoms with Crippen molar-refractivity contribution in [3.05, 3.63) is 15.6 Å². The van der Waals surface area contributed by atoms with Crippen molar-refractivity contribution in [2.24, 2.45) is 5.92 Å². The molecule has 2 heterocycles. The van der Waals surface area contributed by atoms with Crippen molar-refractivity contribution in [3.63, 3.8) is 0 Å². The molecule has 1 unspecified atom stereocenters. The Kier molecular flexibility index (Phi) is 5.70. The molecule has 8 heteroatoms. The van der Waals surface area contributed by atoms with Gasteiger partial charge in [0, 0.05) is 33.0 Å². The molecule has 0 aromatic carbocycles. The standard InChI is InChI=1S/C15H21N3O4S/c1-9-13(15(21)22)23-12(17-9)5-6-16-14(20)11-4-3-7-18(8-11)10(2)19/h11H,3-8H2,1-2H3,(H,16,20)(H,21,22). The lowest BCUT2D eigenvalue weighted by atomic mass is 9.97. The maximum atomic E-state index is 12.2. The summed E-state index contributed by atoms with van der Waals surface area (Å²) in [7, 11) is 0. The number of hydrogen-bond donors (Lipinski definition) is 2. The van der Waals surface area contributed by atoms with E-state index in [9.17, 15) is 14.4 Å². The van der Waals surface area contributed by atoms with Gasteiger partial charge in [0.25, 0.3) is 0 Å². The fraction of sp³-hybridized carbons (Fsp3) is 0.600. The average Bonchev–Trinajstić information content (AvgIpc) is 2.88. The molecule has 1 aromatic heterocycles. The summed E-state index contributed by atoms with van der Waals surface area (Å²) in [6, 6.07) is 0. The van der Waals surface area contributed by atoms with Gasteiger partial charge in [0.15, 0.2) is 0 Å². The van der Waals surface area contributed by atoms with Crippen LogP contribution in [0.3, 0.4) is 0 Å². The van der Waals surface area contributed by atoms with E-state index in [1.165, 1.54) is 6.92 Å². The number of thiazole rings is 1. The molecule has 2 amide bonds. The zero-order valence-corrected chi connectivity index (χ0v) is 14.1. The number of carboxylic acid groups (broad SMARTS) is 1. The summed E-state index contributed by atoms with van der Waals surface area (Å²) in [4.78, 5) is 40.7. The monoisotopic (exact) mass is 339 g/mol. The highest BCUT2D eigenvalue weighted by molar-refractivity contribution is 7.13. The van der Waals surface area contributed by atoms with E-state index in [4.69, 9.17) is 5.11 Å². The molecular weight excluding hydrogens is 318 g/mol. The zero-order valence-electron chi connectivity index (χ0n) is 13.3. The van der Waals surface area contributed by atoms with E-state index in [1.807, 2.05) is 0 Å². The third-order valence-electron chi connectivity index (χ3n) is 3.91. The Morgan fingerprint density at radius 3 is 2.78 bits per heavy atom. The van der Waals surface area contributed by atoms with Gasteiger partial charge in [0.2, 0.25) is 11.8 Å². The molecule has 23 heavy (non-hydrogen) atoms. The van der Waals surface area contributed by atoms with Gasteiger partial charge >= 0.3 is 5.97 Å². The molecule has 2 N–H and O–H groups in total. The number of piperidine rings is 1. The largest absolute Gasteiger partial charge is 0.477 e. The minimum absolute atomic E-state index is 0.00182. The second-order valence-corrected chi connectivity index (χ2v) is 6.76. The molecule has 1 aliphatic heterocycles. The smallest absolute Gasteiger partial charge is 0.347 e. The van der Waals surface area contributed by atoms with Gasteiger partial charge in [-0.3, -0.25) is 9.59 Å². The highest BCUT2D eigenvalue weighted by Gasteiger charge is 2.26. The van der Waals surface area contributed by atoms with Crippen LogP contribution in [0.1, 0.15) is 40.1 Å². The summed E-state index contributed by atoms with van der Waals surface area (Å²) in [5.74, 6) is -1.19. The van der Waals surface area contributed by atoms with Crippen molar-refractivity contribution in [1.29, 1.82) is 0 Å². The van der Waals surface area contributed by atoms with E-state index in [1.54, 1.807) is 11.8 Å². The first-order valence-electron chi connectivity index (χ1n) is 7.61. The summed E-state index contributed by atoms with van der Waals surface area (Å²) >= 11 is 1.14. The van der Waals surface area contributed by atoms with Crippen LogP contribution in [-0.4, -0.2) is 52.4 Å². The number of carbonyl (C=O) groups excluding carboxylic acids is 2. The molecule has 1 fully saturated rings. The third-order valence-corrected chi connectivity index (χ3v) is 5.12. The Labute approximate surface area is 138 Å². The van der Waals surface area contributed by atoms with Gasteiger partial charge in [-0.05, 0) is 19.8 Å². The summed E-state index contributed by atoms with van der Waals surface area (Å²) in [5.41, 5.74) is 0.508. The predicted octanol–water partition coefficient (Wildman–Crippen LogP) is 1.07. The highest BCUT2D eigenvalue weighted by atomic mass is 32.1. The number of likely N-dealkylation sites (tertiary alicyclic amines) is 1. The van der Waals surface area contributed by atoms with E-state index in [0.717, 1.165) is 30.7 Å². The van der Waals surface area contributed by atoms with Crippen LogP contribution in [0.5, 0.6) is 0 Å². The molecule has 0 spiro atoms. The van der Waals surface area contributed by atoms with Crippen molar-refractivity contribution in [2.75, 3.05) is 19.6 Å². The molecule has 0 bridgehead atoms. The van der Waals surface area contributed by atoms with Gasteiger partial charge in [-0.25, -0.2) is 9.78 Å². The van der Waals surface area contributed by atoms with Crippen molar-refractivity contribution >= 4 is 29.1 Å². The topological polar surface area (TPSA) is 99.6 Å². The Hall–Kier alpha value is -1.96. The third kappa shape index (κ3) is 4.51. The van der Waals surface area contributed by atoms with Crippen LogP contribution >= 0.6 is 11.3 Å². The first kappa shape index (κ1) is 17.4. The average molecular weight is 339 g/mol. The van der Waals surface area contributed by atoms with E-state index >= 15 is 0 Å². The molecule has 1 aliphatic rings. The van der Waals surface area contributed by atoms with Gasteiger partial charge in [-0.1, -0.05) is 0 Å². The van der Waals surface area contributed by atoms with Crippen LogP contribution < -0.4 is 5.32 Å². The van der Waals surface area contributed by atoms with Gasteiger partial charge in [0.1, 0.15) is 4.88 Å². The zero-order chi connectivity index (χ0) is 17.0. The Morgan fingerprint density at radius 1 is 1.43 bits per heavy atom.